The monoisotopic (exact) mass is 501 g/mol. The number of ether oxygens (including phenoxy) is 1. The number of carbonyl (C=O) groups excluding carboxylic acids is 1. The van der Waals surface area contributed by atoms with Crippen molar-refractivity contribution in [2.75, 3.05) is 22.8 Å². The van der Waals surface area contributed by atoms with E-state index in [1.165, 1.54) is 46.8 Å². The Labute approximate surface area is 198 Å². The number of primary sulfonamides is 1. The Morgan fingerprint density at radius 3 is 2.35 bits per heavy atom. The number of amides is 1. The fourth-order valence-corrected chi connectivity index (χ4v) is 5.80. The summed E-state index contributed by atoms with van der Waals surface area (Å²) in [5.41, 5.74) is 2.63. The van der Waals surface area contributed by atoms with Gasteiger partial charge in [-0.3, -0.25) is 9.10 Å². The fraction of sp³-hybridized carbons (Fsp3) is 0.174. The molecule has 34 heavy (non-hydrogen) atoms. The zero-order valence-electron chi connectivity index (χ0n) is 18.3. The molecule has 9 nitrogen and oxygen atoms in total. The molecular weight excluding hydrogens is 478 g/mol. The van der Waals surface area contributed by atoms with Crippen LogP contribution in [-0.4, -0.2) is 35.9 Å². The van der Waals surface area contributed by atoms with Crippen molar-refractivity contribution in [1.82, 2.24) is 0 Å². The number of hydrogen-bond acceptors (Lipinski definition) is 6. The van der Waals surface area contributed by atoms with Gasteiger partial charge in [-0.25, -0.2) is 22.0 Å². The maximum atomic E-state index is 13.2. The van der Waals surface area contributed by atoms with Crippen molar-refractivity contribution in [3.63, 3.8) is 0 Å². The van der Waals surface area contributed by atoms with E-state index in [0.29, 0.717) is 35.7 Å². The average molecular weight is 502 g/mol. The van der Waals surface area contributed by atoms with Crippen LogP contribution < -0.4 is 19.5 Å². The molecule has 0 aliphatic carbocycles. The molecule has 0 fully saturated rings. The number of nitrogens with zero attached hydrogens (tertiary/aromatic N) is 1. The van der Waals surface area contributed by atoms with Gasteiger partial charge >= 0.3 is 0 Å². The lowest BCUT2D eigenvalue weighted by Crippen LogP contribution is -2.29. The molecule has 3 N–H and O–H groups in total. The summed E-state index contributed by atoms with van der Waals surface area (Å²) >= 11 is 0. The van der Waals surface area contributed by atoms with E-state index in [1.54, 1.807) is 13.0 Å². The van der Waals surface area contributed by atoms with Gasteiger partial charge in [0.2, 0.25) is 10.0 Å². The summed E-state index contributed by atoms with van der Waals surface area (Å²) in [7, 11) is -7.55. The molecule has 0 atom stereocenters. The summed E-state index contributed by atoms with van der Waals surface area (Å²) in [5, 5.41) is 7.64. The lowest BCUT2D eigenvalue weighted by atomic mass is 10.2. The largest absolute Gasteiger partial charge is 0.483 e. The molecule has 1 heterocycles. The van der Waals surface area contributed by atoms with Crippen molar-refractivity contribution in [3.05, 3.63) is 77.9 Å². The Kier molecular flexibility index (Phi) is 6.34. The molecule has 3 aromatic rings. The molecule has 0 aromatic heterocycles. The maximum absolute atomic E-state index is 13.2. The first-order chi connectivity index (χ1) is 16.1. The summed E-state index contributed by atoms with van der Waals surface area (Å²) in [6.45, 7) is 1.77. The predicted molar refractivity (Wildman–Crippen MR) is 128 cm³/mol. The number of benzene rings is 3. The molecule has 0 saturated carbocycles. The number of para-hydroxylation sites is 1. The quantitative estimate of drug-likeness (QED) is 0.510. The van der Waals surface area contributed by atoms with E-state index in [0.717, 1.165) is 5.56 Å². The zero-order chi connectivity index (χ0) is 24.5. The van der Waals surface area contributed by atoms with Crippen molar-refractivity contribution in [2.24, 2.45) is 5.14 Å². The van der Waals surface area contributed by atoms with Gasteiger partial charge in [0.1, 0.15) is 5.75 Å². The van der Waals surface area contributed by atoms with Crippen LogP contribution in [0.25, 0.3) is 0 Å². The molecule has 11 heteroatoms. The minimum Gasteiger partial charge on any atom is -0.483 e. The van der Waals surface area contributed by atoms with Crippen LogP contribution in [0.5, 0.6) is 5.75 Å². The van der Waals surface area contributed by atoms with E-state index in [-0.39, 0.29) is 16.4 Å². The van der Waals surface area contributed by atoms with Crippen molar-refractivity contribution < 1.29 is 26.4 Å². The Morgan fingerprint density at radius 1 is 1.00 bits per heavy atom. The molecule has 4 rings (SSSR count). The minimum atomic E-state index is -3.82. The third-order valence-corrected chi connectivity index (χ3v) is 8.14. The molecule has 0 bridgehead atoms. The smallest absolute Gasteiger partial charge is 0.264 e. The second kappa shape index (κ2) is 9.09. The molecule has 3 aromatic carbocycles. The van der Waals surface area contributed by atoms with Gasteiger partial charge in [-0.1, -0.05) is 18.2 Å². The lowest BCUT2D eigenvalue weighted by molar-refractivity contribution is -0.118. The number of anilines is 2. The second-order valence-corrected chi connectivity index (χ2v) is 11.2. The van der Waals surface area contributed by atoms with E-state index < -0.39 is 26.0 Å². The van der Waals surface area contributed by atoms with Gasteiger partial charge in [0.15, 0.2) is 6.61 Å². The van der Waals surface area contributed by atoms with Gasteiger partial charge < -0.3 is 10.1 Å². The molecular formula is C23H23N3O6S2. The van der Waals surface area contributed by atoms with Crippen LogP contribution in [-0.2, 0) is 31.3 Å². The Bertz CT molecular complexity index is 1450. The highest BCUT2D eigenvalue weighted by molar-refractivity contribution is 7.92. The number of hydrogen-bond donors (Lipinski definition) is 2. The first-order valence-electron chi connectivity index (χ1n) is 10.3. The minimum absolute atomic E-state index is 0.0650. The Balaban J connectivity index is 1.41. The number of nitrogens with two attached hydrogens (primary N) is 1. The van der Waals surface area contributed by atoms with E-state index >= 15 is 0 Å². The van der Waals surface area contributed by atoms with Gasteiger partial charge in [-0.15, -0.1) is 0 Å². The van der Waals surface area contributed by atoms with Gasteiger partial charge in [0.05, 0.1) is 15.5 Å². The molecule has 178 valence electrons. The summed E-state index contributed by atoms with van der Waals surface area (Å²) in [4.78, 5) is 12.3. The van der Waals surface area contributed by atoms with Crippen LogP contribution in [0.2, 0.25) is 0 Å². The molecule has 0 radical (unpaired) electrons. The number of fused-ring (bicyclic) bond motifs is 1. The van der Waals surface area contributed by atoms with Crippen LogP contribution >= 0.6 is 0 Å². The lowest BCUT2D eigenvalue weighted by Gasteiger charge is -2.20. The van der Waals surface area contributed by atoms with Crippen LogP contribution in [0.4, 0.5) is 11.4 Å². The van der Waals surface area contributed by atoms with Crippen LogP contribution in [0.15, 0.2) is 76.5 Å². The molecule has 0 saturated heterocycles. The van der Waals surface area contributed by atoms with Gasteiger partial charge in [0.25, 0.3) is 15.9 Å². The SMILES string of the molecule is Cc1cc(S(=O)(=O)N2CCc3ccccc32)ccc1OCC(=O)Nc1ccc(S(N)(=O)=O)cc1. The van der Waals surface area contributed by atoms with E-state index in [9.17, 15) is 21.6 Å². The Hall–Kier alpha value is -3.41. The zero-order valence-corrected chi connectivity index (χ0v) is 19.9. The number of rotatable bonds is 7. The molecule has 0 spiro atoms. The standard InChI is InChI=1S/C23H23N3O6S2/c1-16-14-20(34(30,31)26-13-12-17-4-2-3-5-21(17)26)10-11-22(16)32-15-23(27)25-18-6-8-19(9-7-18)33(24,28)29/h2-11,14H,12-13,15H2,1H3,(H,25,27)(H2,24,28,29). The topological polar surface area (TPSA) is 136 Å². The third kappa shape index (κ3) is 4.91. The van der Waals surface area contributed by atoms with Gasteiger partial charge in [0, 0.05) is 12.2 Å². The number of nitrogens with one attached hydrogen (secondary N) is 1. The Morgan fingerprint density at radius 2 is 1.68 bits per heavy atom. The molecule has 1 aliphatic heterocycles. The van der Waals surface area contributed by atoms with Crippen molar-refractivity contribution in [2.45, 2.75) is 23.1 Å². The second-order valence-electron chi connectivity index (χ2n) is 7.79. The normalized spacial score (nSPS) is 13.4. The number of carbonyl (C=O) groups is 1. The number of sulfonamides is 2. The predicted octanol–water partition coefficient (Wildman–Crippen LogP) is 2.41. The third-order valence-electron chi connectivity index (χ3n) is 5.40. The summed E-state index contributed by atoms with van der Waals surface area (Å²) in [6.07, 6.45) is 0.662. The average Bonchev–Trinajstić information content (AvgIpc) is 3.23. The highest BCUT2D eigenvalue weighted by Gasteiger charge is 2.30. The van der Waals surface area contributed by atoms with Crippen LogP contribution in [0.3, 0.4) is 0 Å². The van der Waals surface area contributed by atoms with Crippen molar-refractivity contribution in [1.29, 1.82) is 0 Å². The van der Waals surface area contributed by atoms with Gasteiger partial charge in [-0.05, 0) is 73.0 Å². The summed E-state index contributed by atoms with van der Waals surface area (Å²) in [5.74, 6) is -0.0892. The highest BCUT2D eigenvalue weighted by atomic mass is 32.2. The van der Waals surface area contributed by atoms with Crippen molar-refractivity contribution in [3.8, 4) is 5.75 Å². The highest BCUT2D eigenvalue weighted by Crippen LogP contribution is 2.33. The van der Waals surface area contributed by atoms with Gasteiger partial charge in [-0.2, -0.15) is 0 Å². The summed E-state index contributed by atoms with van der Waals surface area (Å²) in [6, 6.07) is 17.3. The molecule has 0 unspecified atom stereocenters. The first-order valence-corrected chi connectivity index (χ1v) is 13.3. The molecule has 1 amide bonds. The van der Waals surface area contributed by atoms with E-state index in [2.05, 4.69) is 5.32 Å². The fourth-order valence-electron chi connectivity index (χ4n) is 3.70. The number of aryl methyl sites for hydroxylation is 1. The maximum Gasteiger partial charge on any atom is 0.264 e. The molecule has 1 aliphatic rings. The van der Waals surface area contributed by atoms with E-state index in [1.807, 2.05) is 18.2 Å². The van der Waals surface area contributed by atoms with Crippen molar-refractivity contribution >= 4 is 37.3 Å². The van der Waals surface area contributed by atoms with E-state index in [4.69, 9.17) is 9.88 Å². The van der Waals surface area contributed by atoms with Crippen LogP contribution in [0.1, 0.15) is 11.1 Å². The first kappa shape index (κ1) is 23.7. The summed E-state index contributed by atoms with van der Waals surface area (Å²) < 4.78 is 56.0. The van der Waals surface area contributed by atoms with Crippen LogP contribution in [0, 0.1) is 6.92 Å².